The molecule has 0 amide bonds. The molecule has 0 radical (unpaired) electrons. The van der Waals surface area contributed by atoms with Crippen molar-refractivity contribution < 1.29 is 0 Å². The van der Waals surface area contributed by atoms with E-state index in [0.717, 1.165) is 5.92 Å². The van der Waals surface area contributed by atoms with Gasteiger partial charge in [0.2, 0.25) is 0 Å². The zero-order valence-corrected chi connectivity index (χ0v) is 6.60. The van der Waals surface area contributed by atoms with Crippen LogP contribution >= 0.6 is 11.3 Å². The van der Waals surface area contributed by atoms with Gasteiger partial charge in [-0.1, -0.05) is 6.07 Å². The summed E-state index contributed by atoms with van der Waals surface area (Å²) in [7, 11) is 0. The second-order valence-corrected chi connectivity index (χ2v) is 3.86. The van der Waals surface area contributed by atoms with Crippen LogP contribution in [0.25, 0.3) is 0 Å². The predicted molar refractivity (Wildman–Crippen MR) is 44.0 cm³/mol. The Balaban J connectivity index is 2.11. The maximum Gasteiger partial charge on any atom is 0.0418 e. The van der Waals surface area contributed by atoms with Crippen molar-refractivity contribution in [3.05, 3.63) is 22.4 Å². The summed E-state index contributed by atoms with van der Waals surface area (Å²) in [6, 6.07) is 4.54. The Labute approximate surface area is 64.9 Å². The van der Waals surface area contributed by atoms with Crippen LogP contribution in [0.4, 0.5) is 0 Å². The van der Waals surface area contributed by atoms with Crippen molar-refractivity contribution in [2.24, 2.45) is 11.7 Å². The lowest BCUT2D eigenvalue weighted by Crippen LogP contribution is -2.10. The molecule has 1 saturated carbocycles. The van der Waals surface area contributed by atoms with E-state index in [1.54, 1.807) is 11.3 Å². The van der Waals surface area contributed by atoms with Gasteiger partial charge in [-0.25, -0.2) is 0 Å². The Bertz CT molecular complexity index is 201. The van der Waals surface area contributed by atoms with Crippen molar-refractivity contribution in [2.45, 2.75) is 18.9 Å². The number of thiophene rings is 1. The standard InChI is InChI=1S/C8H11NS/c9-8(6-3-4-6)7-2-1-5-10-7/h1-2,5-6,8H,3-4,9H2/t8-/m0/s1. The lowest BCUT2D eigenvalue weighted by molar-refractivity contribution is 0.645. The Morgan fingerprint density at radius 1 is 1.60 bits per heavy atom. The highest BCUT2D eigenvalue weighted by molar-refractivity contribution is 7.10. The molecule has 2 rings (SSSR count). The molecule has 1 fully saturated rings. The van der Waals surface area contributed by atoms with Gasteiger partial charge in [0.1, 0.15) is 0 Å². The minimum Gasteiger partial charge on any atom is -0.323 e. The molecule has 1 heterocycles. The average Bonchev–Trinajstić information content (AvgIpc) is 2.65. The van der Waals surface area contributed by atoms with E-state index in [1.165, 1.54) is 17.7 Å². The summed E-state index contributed by atoms with van der Waals surface area (Å²) in [4.78, 5) is 1.35. The summed E-state index contributed by atoms with van der Waals surface area (Å²) in [6.45, 7) is 0. The zero-order valence-electron chi connectivity index (χ0n) is 5.79. The second-order valence-electron chi connectivity index (χ2n) is 2.88. The second kappa shape index (κ2) is 2.36. The fourth-order valence-corrected chi connectivity index (χ4v) is 1.99. The molecule has 0 spiro atoms. The highest BCUT2D eigenvalue weighted by atomic mass is 32.1. The summed E-state index contributed by atoms with van der Waals surface area (Å²) in [5.74, 6) is 0.790. The summed E-state index contributed by atoms with van der Waals surface area (Å²) in [6.07, 6.45) is 2.66. The van der Waals surface area contributed by atoms with Crippen molar-refractivity contribution in [3.8, 4) is 0 Å². The molecule has 1 nitrogen and oxygen atoms in total. The summed E-state index contributed by atoms with van der Waals surface area (Å²) in [5, 5.41) is 2.09. The Morgan fingerprint density at radius 3 is 2.90 bits per heavy atom. The van der Waals surface area contributed by atoms with E-state index in [1.807, 2.05) is 0 Å². The highest BCUT2D eigenvalue weighted by Crippen LogP contribution is 2.40. The Morgan fingerprint density at radius 2 is 2.40 bits per heavy atom. The van der Waals surface area contributed by atoms with Crippen LogP contribution in [0.1, 0.15) is 23.8 Å². The monoisotopic (exact) mass is 153 g/mol. The number of hydrogen-bond donors (Lipinski definition) is 1. The van der Waals surface area contributed by atoms with Crippen molar-refractivity contribution in [3.63, 3.8) is 0 Å². The van der Waals surface area contributed by atoms with Crippen LogP contribution in [0.5, 0.6) is 0 Å². The van der Waals surface area contributed by atoms with Crippen molar-refractivity contribution >= 4 is 11.3 Å². The number of nitrogens with two attached hydrogens (primary N) is 1. The van der Waals surface area contributed by atoms with Crippen molar-refractivity contribution in [1.29, 1.82) is 0 Å². The smallest absolute Gasteiger partial charge is 0.0418 e. The van der Waals surface area contributed by atoms with Gasteiger partial charge < -0.3 is 5.73 Å². The summed E-state index contributed by atoms with van der Waals surface area (Å²) in [5.41, 5.74) is 5.96. The topological polar surface area (TPSA) is 26.0 Å². The first-order valence-corrected chi connectivity index (χ1v) is 4.55. The number of rotatable bonds is 2. The van der Waals surface area contributed by atoms with Crippen LogP contribution in [0.3, 0.4) is 0 Å². The average molecular weight is 153 g/mol. The molecule has 0 unspecified atom stereocenters. The third-order valence-electron chi connectivity index (χ3n) is 2.00. The molecule has 0 aliphatic heterocycles. The molecule has 1 aromatic rings. The van der Waals surface area contributed by atoms with E-state index in [0.29, 0.717) is 6.04 Å². The lowest BCUT2D eigenvalue weighted by Gasteiger charge is -2.05. The maximum atomic E-state index is 5.96. The SMILES string of the molecule is N[C@H](c1cccs1)C1CC1. The molecular weight excluding hydrogens is 142 g/mol. The molecule has 0 saturated heterocycles. The maximum absolute atomic E-state index is 5.96. The third-order valence-corrected chi connectivity index (χ3v) is 2.98. The molecule has 1 atom stereocenters. The summed E-state index contributed by atoms with van der Waals surface area (Å²) >= 11 is 1.77. The van der Waals surface area contributed by atoms with Crippen LogP contribution in [0, 0.1) is 5.92 Å². The minimum absolute atomic E-state index is 0.333. The van der Waals surface area contributed by atoms with E-state index in [9.17, 15) is 0 Å². The van der Waals surface area contributed by atoms with Gasteiger partial charge in [-0.05, 0) is 30.2 Å². The van der Waals surface area contributed by atoms with Gasteiger partial charge in [-0.15, -0.1) is 11.3 Å². The molecule has 2 heteroatoms. The van der Waals surface area contributed by atoms with Gasteiger partial charge >= 0.3 is 0 Å². The normalized spacial score (nSPS) is 20.9. The molecule has 1 aliphatic carbocycles. The Kier molecular flexibility index (Phi) is 1.51. The molecule has 54 valence electrons. The Hall–Kier alpha value is -0.340. The van der Waals surface area contributed by atoms with Gasteiger partial charge in [0, 0.05) is 10.9 Å². The van der Waals surface area contributed by atoms with Crippen LogP contribution in [-0.2, 0) is 0 Å². The first-order valence-electron chi connectivity index (χ1n) is 3.67. The van der Waals surface area contributed by atoms with E-state index in [2.05, 4.69) is 17.5 Å². The fourth-order valence-electron chi connectivity index (χ4n) is 1.17. The quantitative estimate of drug-likeness (QED) is 0.692. The zero-order chi connectivity index (χ0) is 6.97. The first-order chi connectivity index (χ1) is 4.88. The van der Waals surface area contributed by atoms with Gasteiger partial charge in [0.15, 0.2) is 0 Å². The van der Waals surface area contributed by atoms with Crippen LogP contribution in [0.2, 0.25) is 0 Å². The van der Waals surface area contributed by atoms with E-state index in [-0.39, 0.29) is 0 Å². The summed E-state index contributed by atoms with van der Waals surface area (Å²) < 4.78 is 0. The van der Waals surface area contributed by atoms with Crippen LogP contribution in [0.15, 0.2) is 17.5 Å². The van der Waals surface area contributed by atoms with Crippen molar-refractivity contribution in [1.82, 2.24) is 0 Å². The fraction of sp³-hybridized carbons (Fsp3) is 0.500. The minimum atomic E-state index is 0.333. The molecule has 10 heavy (non-hydrogen) atoms. The molecule has 1 aromatic heterocycles. The van der Waals surface area contributed by atoms with E-state index < -0.39 is 0 Å². The molecule has 0 aromatic carbocycles. The van der Waals surface area contributed by atoms with Gasteiger partial charge in [-0.2, -0.15) is 0 Å². The first kappa shape index (κ1) is 6.38. The van der Waals surface area contributed by atoms with Gasteiger partial charge in [0.05, 0.1) is 0 Å². The van der Waals surface area contributed by atoms with Crippen LogP contribution < -0.4 is 5.73 Å². The largest absolute Gasteiger partial charge is 0.323 e. The number of hydrogen-bond acceptors (Lipinski definition) is 2. The van der Waals surface area contributed by atoms with Crippen molar-refractivity contribution in [2.75, 3.05) is 0 Å². The van der Waals surface area contributed by atoms with Gasteiger partial charge in [-0.3, -0.25) is 0 Å². The predicted octanol–water partition coefficient (Wildman–Crippen LogP) is 2.16. The van der Waals surface area contributed by atoms with E-state index in [4.69, 9.17) is 5.73 Å². The molecule has 0 bridgehead atoms. The highest BCUT2D eigenvalue weighted by Gasteiger charge is 2.29. The lowest BCUT2D eigenvalue weighted by atomic mass is 10.2. The molecular formula is C8H11NS. The van der Waals surface area contributed by atoms with Crippen LogP contribution in [-0.4, -0.2) is 0 Å². The van der Waals surface area contributed by atoms with Gasteiger partial charge in [0.25, 0.3) is 0 Å². The van der Waals surface area contributed by atoms with E-state index >= 15 is 0 Å². The molecule has 1 aliphatic rings. The third kappa shape index (κ3) is 1.09. The molecule has 2 N–H and O–H groups in total.